The van der Waals surface area contributed by atoms with Crippen LogP contribution in [-0.4, -0.2) is 28.9 Å². The Morgan fingerprint density at radius 1 is 0.963 bits per heavy atom. The molecule has 0 unspecified atom stereocenters. The summed E-state index contributed by atoms with van der Waals surface area (Å²) in [6.07, 6.45) is 4.14. The molecular formula is C24H21N2O. The van der Waals surface area contributed by atoms with Gasteiger partial charge in [0.25, 0.3) is 5.91 Å². The van der Waals surface area contributed by atoms with Crippen molar-refractivity contribution in [3.63, 3.8) is 0 Å². The molecule has 1 aromatic heterocycles. The van der Waals surface area contributed by atoms with Gasteiger partial charge in [-0.05, 0) is 47.2 Å². The van der Waals surface area contributed by atoms with Crippen LogP contribution >= 0.6 is 0 Å². The third-order valence-electron chi connectivity index (χ3n) is 5.78. The zero-order chi connectivity index (χ0) is 18.2. The van der Waals surface area contributed by atoms with Crippen LogP contribution in [0.2, 0.25) is 0 Å². The summed E-state index contributed by atoms with van der Waals surface area (Å²) in [6.45, 7) is 1.58. The van der Waals surface area contributed by atoms with Crippen LogP contribution in [0.5, 0.6) is 0 Å². The van der Waals surface area contributed by atoms with Crippen LogP contribution in [0.4, 0.5) is 0 Å². The first-order chi connectivity index (χ1) is 13.3. The first-order valence-corrected chi connectivity index (χ1v) is 9.56. The Labute approximate surface area is 158 Å². The molecule has 1 saturated heterocycles. The number of nitrogens with zero attached hydrogens (tertiary/aromatic N) is 1. The minimum Gasteiger partial charge on any atom is -0.361 e. The quantitative estimate of drug-likeness (QED) is 0.532. The van der Waals surface area contributed by atoms with Gasteiger partial charge in [-0.2, -0.15) is 0 Å². The number of likely N-dealkylation sites (tertiary alicyclic amines) is 1. The standard InChI is InChI=1S/C24H21N2O/c27-24(21-10-5-7-17-6-1-2-8-19(17)21)26-14-12-18(13-15-26)22-16-25-23-11-4-3-9-20(22)23/h1-9,11,16,18,25H,12-15H2. The molecule has 0 atom stereocenters. The van der Waals surface area contributed by atoms with E-state index in [0.717, 1.165) is 36.7 Å². The van der Waals surface area contributed by atoms with Crippen LogP contribution in [-0.2, 0) is 0 Å². The zero-order valence-corrected chi connectivity index (χ0v) is 15.1. The van der Waals surface area contributed by atoms with Gasteiger partial charge in [0.1, 0.15) is 0 Å². The predicted octanol–water partition coefficient (Wildman–Crippen LogP) is 5.14. The summed E-state index contributed by atoms with van der Waals surface area (Å²) in [4.78, 5) is 18.5. The third kappa shape index (κ3) is 2.80. The van der Waals surface area contributed by atoms with E-state index in [1.807, 2.05) is 41.3 Å². The van der Waals surface area contributed by atoms with Gasteiger partial charge in [0.05, 0.1) is 5.56 Å². The highest BCUT2D eigenvalue weighted by atomic mass is 16.2. The molecule has 1 N–H and O–H groups in total. The molecule has 2 heterocycles. The van der Waals surface area contributed by atoms with Gasteiger partial charge in [0.15, 0.2) is 0 Å². The number of H-pyrrole nitrogens is 1. The van der Waals surface area contributed by atoms with E-state index in [1.54, 1.807) is 0 Å². The number of nitrogens with one attached hydrogen (secondary N) is 1. The number of rotatable bonds is 2. The Morgan fingerprint density at radius 3 is 2.56 bits per heavy atom. The smallest absolute Gasteiger partial charge is 0.255 e. The molecule has 1 amide bonds. The Hall–Kier alpha value is -3.07. The molecule has 5 rings (SSSR count). The van der Waals surface area contributed by atoms with Gasteiger partial charge in [-0.25, -0.2) is 0 Å². The predicted molar refractivity (Wildman–Crippen MR) is 109 cm³/mol. The molecule has 133 valence electrons. The SMILES string of the molecule is O=C(c1[c]ccc2ccccc12)N1CCC(c2c[nH]c3ccccc23)CC1. The molecule has 0 spiro atoms. The van der Waals surface area contributed by atoms with Crippen molar-refractivity contribution in [1.29, 1.82) is 0 Å². The summed E-state index contributed by atoms with van der Waals surface area (Å²) in [5.41, 5.74) is 3.27. The Bertz CT molecular complexity index is 1110. The van der Waals surface area contributed by atoms with Crippen molar-refractivity contribution in [2.45, 2.75) is 18.8 Å². The molecule has 0 aliphatic carbocycles. The summed E-state index contributed by atoms with van der Waals surface area (Å²) in [6, 6.07) is 23.5. The second-order valence-corrected chi connectivity index (χ2v) is 7.30. The molecule has 27 heavy (non-hydrogen) atoms. The highest BCUT2D eigenvalue weighted by molar-refractivity contribution is 6.06. The van der Waals surface area contributed by atoms with Gasteiger partial charge in [-0.1, -0.05) is 54.6 Å². The number of carbonyl (C=O) groups is 1. The van der Waals surface area contributed by atoms with E-state index >= 15 is 0 Å². The van der Waals surface area contributed by atoms with Crippen molar-refractivity contribution < 1.29 is 4.79 Å². The van der Waals surface area contributed by atoms with E-state index in [1.165, 1.54) is 16.5 Å². The van der Waals surface area contributed by atoms with Gasteiger partial charge in [0, 0.05) is 30.2 Å². The van der Waals surface area contributed by atoms with Crippen LogP contribution in [0.1, 0.15) is 34.7 Å². The fraction of sp³-hybridized carbons (Fsp3) is 0.208. The molecule has 3 nitrogen and oxygen atoms in total. The molecule has 3 aromatic carbocycles. The summed E-state index contributed by atoms with van der Waals surface area (Å²) in [5.74, 6) is 0.603. The maximum Gasteiger partial charge on any atom is 0.255 e. The fourth-order valence-corrected chi connectivity index (χ4v) is 4.32. The van der Waals surface area contributed by atoms with E-state index in [2.05, 4.69) is 41.5 Å². The van der Waals surface area contributed by atoms with Crippen LogP contribution in [0.3, 0.4) is 0 Å². The number of aromatic amines is 1. The molecule has 1 aliphatic rings. The third-order valence-corrected chi connectivity index (χ3v) is 5.78. The molecule has 1 fully saturated rings. The monoisotopic (exact) mass is 353 g/mol. The number of benzene rings is 3. The maximum atomic E-state index is 13.1. The topological polar surface area (TPSA) is 36.1 Å². The van der Waals surface area contributed by atoms with Gasteiger partial charge >= 0.3 is 0 Å². The number of para-hydroxylation sites is 1. The lowest BCUT2D eigenvalue weighted by atomic mass is 9.89. The van der Waals surface area contributed by atoms with Crippen molar-refractivity contribution in [2.24, 2.45) is 0 Å². The van der Waals surface area contributed by atoms with E-state index in [-0.39, 0.29) is 5.91 Å². The largest absolute Gasteiger partial charge is 0.361 e. The van der Waals surface area contributed by atoms with E-state index in [4.69, 9.17) is 0 Å². The van der Waals surface area contributed by atoms with Crippen LogP contribution in [0, 0.1) is 6.07 Å². The minimum absolute atomic E-state index is 0.101. The fourth-order valence-electron chi connectivity index (χ4n) is 4.32. The summed E-state index contributed by atoms with van der Waals surface area (Å²) in [7, 11) is 0. The van der Waals surface area contributed by atoms with Gasteiger partial charge in [-0.3, -0.25) is 4.79 Å². The first kappa shape index (κ1) is 16.1. The van der Waals surface area contributed by atoms with Crippen LogP contribution in [0.25, 0.3) is 21.7 Å². The molecular weight excluding hydrogens is 332 g/mol. The molecule has 0 bridgehead atoms. The van der Waals surface area contributed by atoms with E-state index < -0.39 is 0 Å². The number of hydrogen-bond donors (Lipinski definition) is 1. The summed E-state index contributed by atoms with van der Waals surface area (Å²) >= 11 is 0. The number of aromatic nitrogens is 1. The molecule has 3 heteroatoms. The average molecular weight is 353 g/mol. The Kier molecular flexibility index (Phi) is 3.93. The van der Waals surface area contributed by atoms with Gasteiger partial charge in [-0.15, -0.1) is 0 Å². The average Bonchev–Trinajstić information content (AvgIpc) is 3.17. The number of amides is 1. The second kappa shape index (κ2) is 6.58. The van der Waals surface area contributed by atoms with Crippen molar-refractivity contribution in [3.05, 3.63) is 84.1 Å². The zero-order valence-electron chi connectivity index (χ0n) is 15.1. The highest BCUT2D eigenvalue weighted by Crippen LogP contribution is 2.33. The molecule has 1 radical (unpaired) electrons. The normalized spacial score (nSPS) is 15.5. The lowest BCUT2D eigenvalue weighted by Crippen LogP contribution is -2.38. The number of fused-ring (bicyclic) bond motifs is 2. The van der Waals surface area contributed by atoms with E-state index in [9.17, 15) is 4.79 Å². The first-order valence-electron chi connectivity index (χ1n) is 9.56. The Morgan fingerprint density at radius 2 is 1.70 bits per heavy atom. The highest BCUT2D eigenvalue weighted by Gasteiger charge is 2.26. The van der Waals surface area contributed by atoms with Gasteiger partial charge in [0.2, 0.25) is 0 Å². The minimum atomic E-state index is 0.101. The van der Waals surface area contributed by atoms with Gasteiger partial charge < -0.3 is 9.88 Å². The summed E-state index contributed by atoms with van der Waals surface area (Å²) in [5, 5.41) is 3.39. The van der Waals surface area contributed by atoms with Crippen LogP contribution < -0.4 is 0 Å². The number of carbonyl (C=O) groups excluding carboxylic acids is 1. The van der Waals surface area contributed by atoms with Crippen molar-refractivity contribution in [2.75, 3.05) is 13.1 Å². The lowest BCUT2D eigenvalue weighted by molar-refractivity contribution is 0.0715. The summed E-state index contributed by atoms with van der Waals surface area (Å²) < 4.78 is 0. The lowest BCUT2D eigenvalue weighted by Gasteiger charge is -2.32. The number of piperidine rings is 1. The van der Waals surface area contributed by atoms with Crippen molar-refractivity contribution >= 4 is 27.6 Å². The number of hydrogen-bond acceptors (Lipinski definition) is 1. The van der Waals surface area contributed by atoms with Crippen molar-refractivity contribution in [1.82, 2.24) is 9.88 Å². The molecule has 0 saturated carbocycles. The molecule has 4 aromatic rings. The van der Waals surface area contributed by atoms with Crippen molar-refractivity contribution in [3.8, 4) is 0 Å². The van der Waals surface area contributed by atoms with E-state index in [0.29, 0.717) is 11.5 Å². The second-order valence-electron chi connectivity index (χ2n) is 7.30. The maximum absolute atomic E-state index is 13.1. The van der Waals surface area contributed by atoms with Crippen LogP contribution in [0.15, 0.2) is 66.9 Å². The Balaban J connectivity index is 1.36. The molecule has 1 aliphatic heterocycles.